The molecule has 0 saturated heterocycles. The Morgan fingerprint density at radius 1 is 1.47 bits per heavy atom. The Kier molecular flexibility index (Phi) is 2.83. The highest BCUT2D eigenvalue weighted by Crippen LogP contribution is 2.18. The van der Waals surface area contributed by atoms with Crippen molar-refractivity contribution in [2.45, 2.75) is 46.1 Å². The van der Waals surface area contributed by atoms with Crippen molar-refractivity contribution in [1.82, 2.24) is 14.8 Å². The van der Waals surface area contributed by atoms with E-state index in [4.69, 9.17) is 5.11 Å². The number of hydrogen-bond acceptors (Lipinski definition) is 3. The molecule has 0 radical (unpaired) electrons. The number of aryl methyl sites for hydroxylation is 1. The Hall–Kier alpha value is -1.39. The van der Waals surface area contributed by atoms with Gasteiger partial charge in [0.1, 0.15) is 5.82 Å². The lowest BCUT2D eigenvalue weighted by Gasteiger charge is -2.20. The second kappa shape index (κ2) is 3.64. The minimum absolute atomic E-state index is 0.203. The summed E-state index contributed by atoms with van der Waals surface area (Å²) in [5.41, 5.74) is -1.05. The van der Waals surface area contributed by atoms with E-state index in [1.807, 2.05) is 13.8 Å². The Balaban J connectivity index is 3.21. The van der Waals surface area contributed by atoms with Crippen LogP contribution >= 0.6 is 0 Å². The van der Waals surface area contributed by atoms with E-state index in [-0.39, 0.29) is 5.92 Å². The second-order valence-corrected chi connectivity index (χ2v) is 4.45. The van der Waals surface area contributed by atoms with Crippen LogP contribution in [0.15, 0.2) is 0 Å². The molecular formula is C10H17N3O2. The molecule has 0 bridgehead atoms. The Morgan fingerprint density at radius 3 is 2.33 bits per heavy atom. The van der Waals surface area contributed by atoms with Crippen LogP contribution in [0.25, 0.3) is 0 Å². The zero-order valence-electron chi connectivity index (χ0n) is 9.77. The number of carbonyl (C=O) groups is 1. The van der Waals surface area contributed by atoms with Crippen molar-refractivity contribution in [2.24, 2.45) is 0 Å². The van der Waals surface area contributed by atoms with E-state index in [1.54, 1.807) is 20.8 Å². The van der Waals surface area contributed by atoms with Crippen LogP contribution in [-0.2, 0) is 10.3 Å². The van der Waals surface area contributed by atoms with Crippen molar-refractivity contribution in [3.63, 3.8) is 0 Å². The van der Waals surface area contributed by atoms with Gasteiger partial charge in [-0.1, -0.05) is 13.8 Å². The number of carboxylic acids is 1. The largest absolute Gasteiger partial charge is 0.479 e. The summed E-state index contributed by atoms with van der Waals surface area (Å²) < 4.78 is 1.46. The first-order valence-corrected chi connectivity index (χ1v) is 4.94. The van der Waals surface area contributed by atoms with Gasteiger partial charge in [0.15, 0.2) is 11.4 Å². The van der Waals surface area contributed by atoms with E-state index in [2.05, 4.69) is 10.1 Å². The molecule has 0 saturated carbocycles. The summed E-state index contributed by atoms with van der Waals surface area (Å²) in [5, 5.41) is 13.3. The quantitative estimate of drug-likeness (QED) is 0.823. The van der Waals surface area contributed by atoms with Crippen LogP contribution in [0.4, 0.5) is 0 Å². The molecule has 0 amide bonds. The average Bonchev–Trinajstić information content (AvgIpc) is 2.47. The third kappa shape index (κ3) is 2.00. The molecule has 1 rings (SSSR count). The SMILES string of the molecule is Cc1nc(C(C)C)nn1C(C)(C)C(=O)O. The van der Waals surface area contributed by atoms with Crippen LogP contribution < -0.4 is 0 Å². The van der Waals surface area contributed by atoms with Crippen LogP contribution in [0.2, 0.25) is 0 Å². The first-order valence-electron chi connectivity index (χ1n) is 4.94. The molecule has 1 heterocycles. The van der Waals surface area contributed by atoms with E-state index >= 15 is 0 Å². The summed E-state index contributed by atoms with van der Waals surface area (Å²) in [6.45, 7) is 8.95. The fraction of sp³-hybridized carbons (Fsp3) is 0.700. The molecule has 1 N–H and O–H groups in total. The highest BCUT2D eigenvalue weighted by Gasteiger charge is 2.32. The molecule has 0 aliphatic rings. The summed E-state index contributed by atoms with van der Waals surface area (Å²) in [7, 11) is 0. The van der Waals surface area contributed by atoms with Crippen LogP contribution in [0.3, 0.4) is 0 Å². The second-order valence-electron chi connectivity index (χ2n) is 4.45. The van der Waals surface area contributed by atoms with E-state index in [0.29, 0.717) is 11.6 Å². The monoisotopic (exact) mass is 211 g/mol. The number of aromatic nitrogens is 3. The fourth-order valence-electron chi connectivity index (χ4n) is 1.27. The summed E-state index contributed by atoms with van der Waals surface area (Å²) in [4.78, 5) is 15.3. The summed E-state index contributed by atoms with van der Waals surface area (Å²) in [6.07, 6.45) is 0. The predicted molar refractivity (Wildman–Crippen MR) is 55.8 cm³/mol. The number of rotatable bonds is 3. The van der Waals surface area contributed by atoms with Gasteiger partial charge in [-0.3, -0.25) is 0 Å². The van der Waals surface area contributed by atoms with Crippen LogP contribution in [-0.4, -0.2) is 25.8 Å². The molecule has 0 fully saturated rings. The van der Waals surface area contributed by atoms with Crippen molar-refractivity contribution < 1.29 is 9.90 Å². The van der Waals surface area contributed by atoms with Gasteiger partial charge in [-0.2, -0.15) is 5.10 Å². The fourth-order valence-corrected chi connectivity index (χ4v) is 1.27. The molecule has 0 aromatic carbocycles. The molecule has 5 heteroatoms. The van der Waals surface area contributed by atoms with Gasteiger partial charge in [0, 0.05) is 5.92 Å². The van der Waals surface area contributed by atoms with Crippen LogP contribution in [0, 0.1) is 6.92 Å². The van der Waals surface area contributed by atoms with Crippen LogP contribution in [0.1, 0.15) is 45.3 Å². The molecule has 0 spiro atoms. The lowest BCUT2D eigenvalue weighted by atomic mass is 10.1. The average molecular weight is 211 g/mol. The molecule has 1 aromatic heterocycles. The normalized spacial score (nSPS) is 12.1. The number of carboxylic acid groups (broad SMARTS) is 1. The first-order chi connectivity index (χ1) is 6.76. The molecule has 5 nitrogen and oxygen atoms in total. The molecule has 0 aliphatic carbocycles. The van der Waals surface area contributed by atoms with Gasteiger partial charge in [0.25, 0.3) is 0 Å². The summed E-state index contributed by atoms with van der Waals surface area (Å²) in [6, 6.07) is 0. The molecule has 15 heavy (non-hydrogen) atoms. The third-order valence-electron chi connectivity index (χ3n) is 2.35. The number of hydrogen-bond donors (Lipinski definition) is 1. The maximum atomic E-state index is 11.1. The lowest BCUT2D eigenvalue weighted by Crippen LogP contribution is -2.37. The summed E-state index contributed by atoms with van der Waals surface area (Å²) >= 11 is 0. The maximum Gasteiger partial charge on any atom is 0.331 e. The van der Waals surface area contributed by atoms with Crippen molar-refractivity contribution in [3.05, 3.63) is 11.6 Å². The topological polar surface area (TPSA) is 68.0 Å². The van der Waals surface area contributed by atoms with Gasteiger partial charge in [-0.15, -0.1) is 0 Å². The first kappa shape index (κ1) is 11.7. The molecule has 84 valence electrons. The Labute approximate surface area is 89.1 Å². The van der Waals surface area contributed by atoms with Gasteiger partial charge in [0.05, 0.1) is 0 Å². The van der Waals surface area contributed by atoms with Crippen molar-refractivity contribution >= 4 is 5.97 Å². The third-order valence-corrected chi connectivity index (χ3v) is 2.35. The molecule has 0 atom stereocenters. The van der Waals surface area contributed by atoms with E-state index < -0.39 is 11.5 Å². The minimum Gasteiger partial charge on any atom is -0.479 e. The zero-order chi connectivity index (χ0) is 11.8. The molecular weight excluding hydrogens is 194 g/mol. The van der Waals surface area contributed by atoms with Gasteiger partial charge < -0.3 is 5.11 Å². The highest BCUT2D eigenvalue weighted by molar-refractivity contribution is 5.75. The highest BCUT2D eigenvalue weighted by atomic mass is 16.4. The van der Waals surface area contributed by atoms with E-state index in [0.717, 1.165) is 0 Å². The van der Waals surface area contributed by atoms with Gasteiger partial charge in [0.2, 0.25) is 0 Å². The number of aliphatic carboxylic acids is 1. The van der Waals surface area contributed by atoms with Crippen molar-refractivity contribution in [2.75, 3.05) is 0 Å². The molecule has 0 unspecified atom stereocenters. The Morgan fingerprint density at radius 2 is 2.00 bits per heavy atom. The zero-order valence-corrected chi connectivity index (χ0v) is 9.77. The minimum atomic E-state index is -1.05. The molecule has 1 aromatic rings. The predicted octanol–water partition coefficient (Wildman–Crippen LogP) is 1.53. The van der Waals surface area contributed by atoms with Gasteiger partial charge in [-0.05, 0) is 20.8 Å². The van der Waals surface area contributed by atoms with Gasteiger partial charge >= 0.3 is 5.97 Å². The Bertz CT molecular complexity index is 380. The van der Waals surface area contributed by atoms with E-state index in [9.17, 15) is 4.79 Å². The summed E-state index contributed by atoms with van der Waals surface area (Å²) in [5.74, 6) is 0.605. The maximum absolute atomic E-state index is 11.1. The standard InChI is InChI=1S/C10H17N3O2/c1-6(2)8-11-7(3)13(12-8)10(4,5)9(14)15/h6H,1-5H3,(H,14,15). The lowest BCUT2D eigenvalue weighted by molar-refractivity contribution is -0.146. The van der Waals surface area contributed by atoms with Gasteiger partial charge in [-0.25, -0.2) is 14.5 Å². The van der Waals surface area contributed by atoms with E-state index in [1.165, 1.54) is 4.68 Å². The van der Waals surface area contributed by atoms with Crippen molar-refractivity contribution in [3.8, 4) is 0 Å². The molecule has 0 aliphatic heterocycles. The van der Waals surface area contributed by atoms with Crippen LogP contribution in [0.5, 0.6) is 0 Å². The smallest absolute Gasteiger partial charge is 0.331 e. The number of nitrogens with zero attached hydrogens (tertiary/aromatic N) is 3. The van der Waals surface area contributed by atoms with Crippen molar-refractivity contribution in [1.29, 1.82) is 0 Å².